The van der Waals surface area contributed by atoms with E-state index < -0.39 is 20.4 Å². The Morgan fingerprint density at radius 2 is 0.472 bits per heavy atom. The number of aliphatic imine (C=N–C) groups is 4. The summed E-state index contributed by atoms with van der Waals surface area (Å²) in [5, 5.41) is 235. The van der Waals surface area contributed by atoms with E-state index in [2.05, 4.69) is 20.0 Å². The van der Waals surface area contributed by atoms with Crippen LogP contribution in [0.15, 0.2) is 166 Å². The Bertz CT molecular complexity index is 3790. The molecule has 0 heterocycles. The summed E-state index contributed by atoms with van der Waals surface area (Å²) in [5.41, 5.74) is 8.38. The first-order chi connectivity index (χ1) is 57.6. The van der Waals surface area contributed by atoms with E-state index in [9.17, 15) is 61.3 Å². The predicted molar refractivity (Wildman–Crippen MR) is 421 cm³/mol. The van der Waals surface area contributed by atoms with Crippen LogP contribution in [0.3, 0.4) is 0 Å². The number of aryl methyl sites for hydroxylation is 4. The molecule has 0 spiro atoms. The second-order valence-corrected chi connectivity index (χ2v) is 24.7. The van der Waals surface area contributed by atoms with E-state index >= 15 is 0 Å². The van der Waals surface area contributed by atoms with Gasteiger partial charge in [-0.25, -0.2) is 18.6 Å². The third kappa shape index (κ3) is 63.3. The smallest absolute Gasteiger partial charge is 0.872 e. The Balaban J connectivity index is -0.000000191. The van der Waals surface area contributed by atoms with Gasteiger partial charge in [0.1, 0.15) is 0 Å². The molecule has 0 atom stereocenters. The summed E-state index contributed by atoms with van der Waals surface area (Å²) in [7, 11) is -0.944. The Morgan fingerprint density at radius 3 is 0.606 bits per heavy atom. The van der Waals surface area contributed by atoms with Gasteiger partial charge < -0.3 is 138 Å². The second-order valence-electron chi connectivity index (χ2n) is 23.9. The zero-order valence-corrected chi connectivity index (χ0v) is 78.8. The van der Waals surface area contributed by atoms with Crippen LogP contribution in [0.4, 0.5) is 22.7 Å². The quantitative estimate of drug-likeness (QED) is 0.00840. The fourth-order valence-corrected chi connectivity index (χ4v) is 10.3. The molecule has 0 saturated carbocycles. The molecule has 0 bridgehead atoms. The molecule has 0 aliphatic rings. The minimum Gasteiger partial charge on any atom is -0.872 e. The molecular weight excluding hydrogens is 2240 g/mol. The van der Waals surface area contributed by atoms with Crippen molar-refractivity contribution in [1.82, 2.24) is 19.6 Å². The summed E-state index contributed by atoms with van der Waals surface area (Å²) in [6, 6.07) is 39.4. The molecule has 0 aliphatic heterocycles. The van der Waals surface area contributed by atoms with Crippen LogP contribution in [-0.2, 0) is 60.3 Å². The molecule has 10 N–H and O–H groups in total. The third-order valence-corrected chi connectivity index (χ3v) is 15.1. The van der Waals surface area contributed by atoms with Crippen LogP contribution in [-0.4, -0.2) is 235 Å². The van der Waals surface area contributed by atoms with Crippen molar-refractivity contribution in [3.05, 3.63) is 243 Å². The monoisotopic (exact) mass is 2340 g/mol. The van der Waals surface area contributed by atoms with Gasteiger partial charge in [0.05, 0.1) is 59.4 Å². The number of halogens is 1. The third-order valence-electron chi connectivity index (χ3n) is 15.1. The Kier molecular flexibility index (Phi) is 91.4. The predicted octanol–water partition coefficient (Wildman–Crippen LogP) is -7.44. The number of aliphatic hydroxyl groups is 8. The summed E-state index contributed by atoms with van der Waals surface area (Å²) in [4.78, 5) is 40.0. The number of benzene rings is 8. The SMILES string of the molecule is CO.CO.CO.CO.Cc1cc(C=Nc2ccccc2[O-])c([O-])c(CN(CC[O-])CCO)c1.Cc1cc(C=Nc2ccccc2[O-])c([O-])c(CN(CC[O-])CCO)c1.Cc1cc(C=Nc2ccccc2[O-])c([O-])c(CN(CC[O-])CCO)c1.Cc1cc(C=Nc2ccccc2[O-])c([O-])c(CN(CC[O-])CCO)c1.O.O=[N+]([O-])[O-].O=[N+]([O-])[O-].[Ho+3].[Ho+3].[Ho+3].[Mn+3].[Mn+3].[O-][Cl+3]([O-])([O-])[O-]. The topological polar surface area (TPSA) is 757 Å². The second kappa shape index (κ2) is 83.8. The standard InChI is InChI=1S/4C19H23N2O4.4CH4O.ClHO4.3Ho.2Mn.2NO3.H2O/c4*1-14-10-15(12-20-17-4-2-3-5-18(17)24)19(25)16(11-14)13-21(6-8-22)7-9-23;4*1-2;2-1(3,4)5;;;;;;2*2-1(3)4;/h4*2-5,10-12,22,24-25H,6-9,13H2,1H3;4*2H,1H3;(H,2,3,4,5);;;;;;;;1H2/q4*-1;;;;;;5*+3;2*-1;/p-9. The number of para-hydroxylation sites is 8. The summed E-state index contributed by atoms with van der Waals surface area (Å²) in [5.74, 6) is -1.57. The average Bonchev–Trinajstić information content (AvgIpc) is 0.844. The van der Waals surface area contributed by atoms with Crippen molar-refractivity contribution in [1.29, 1.82) is 0 Å². The van der Waals surface area contributed by atoms with Crippen LogP contribution in [0.5, 0.6) is 46.0 Å². The van der Waals surface area contributed by atoms with Crippen molar-refractivity contribution in [2.45, 2.75) is 53.9 Å². The van der Waals surface area contributed by atoms with Crippen LogP contribution < -0.4 is 79.9 Å². The Hall–Kier alpha value is -6.49. The van der Waals surface area contributed by atoms with Gasteiger partial charge in [-0.15, -0.1) is 36.7 Å². The summed E-state index contributed by atoms with van der Waals surface area (Å²) < 4.78 is 34.0. The first kappa shape index (κ1) is 138. The van der Waals surface area contributed by atoms with Crippen molar-refractivity contribution in [3.63, 3.8) is 0 Å². The van der Waals surface area contributed by atoms with Crippen LogP contribution in [0.2, 0.25) is 0 Å². The van der Waals surface area contributed by atoms with Gasteiger partial charge in [-0.2, -0.15) is 0 Å². The van der Waals surface area contributed by atoms with Crippen LogP contribution in [0.1, 0.15) is 66.8 Å². The van der Waals surface area contributed by atoms with Crippen LogP contribution in [0.25, 0.3) is 0 Å². The molecule has 0 unspecified atom stereocenters. The Morgan fingerprint density at radius 1 is 0.323 bits per heavy atom. The van der Waals surface area contributed by atoms with Gasteiger partial charge in [-0.1, -0.05) is 190 Å². The summed E-state index contributed by atoms with van der Waals surface area (Å²) in [6.45, 7) is 9.56. The summed E-state index contributed by atoms with van der Waals surface area (Å²) >= 11 is 0. The van der Waals surface area contributed by atoms with Gasteiger partial charge in [0, 0.05) is 106 Å². The molecule has 41 nitrogen and oxygen atoms in total. The maximum atomic E-state index is 12.6. The molecule has 0 radical (unpaired) electrons. The van der Waals surface area contributed by atoms with Crippen molar-refractivity contribution >= 4 is 47.6 Å². The minimum atomic E-state index is -4.94. The molecule has 0 fully saturated rings. The van der Waals surface area contributed by atoms with Gasteiger partial charge in [0.25, 0.3) is 0 Å². The van der Waals surface area contributed by atoms with Crippen molar-refractivity contribution < 1.29 is 294 Å². The van der Waals surface area contributed by atoms with E-state index in [1.54, 1.807) is 141 Å². The normalized spacial score (nSPS) is 10.1. The molecule has 8 aromatic rings. The zero-order valence-electron chi connectivity index (χ0n) is 69.9. The molecule has 8 aromatic carbocycles. The molecule has 0 saturated heterocycles. The van der Waals surface area contributed by atoms with Gasteiger partial charge in [0.2, 0.25) is 0 Å². The molecule has 0 aromatic heterocycles. The molecule has 8 rings (SSSR count). The largest absolute Gasteiger partial charge is 3.00 e. The molecule has 712 valence electrons. The minimum absolute atomic E-state index is 0. The van der Waals surface area contributed by atoms with Crippen molar-refractivity contribution in [2.75, 3.05) is 134 Å². The van der Waals surface area contributed by atoms with E-state index in [1.807, 2.05) is 27.7 Å². The van der Waals surface area contributed by atoms with E-state index in [4.69, 9.17) is 90.1 Å². The average molecular weight is 2340 g/mol. The number of hydrogen-bond donors (Lipinski definition) is 8. The fraction of sp³-hybridized carbons (Fsp3) is 0.350. The number of hydrogen-bond acceptors (Lipinski definition) is 38. The molecule has 0 aliphatic carbocycles. The van der Waals surface area contributed by atoms with Crippen molar-refractivity contribution in [2.24, 2.45) is 20.0 Å². The number of rotatable bonds is 32. The fourth-order valence-electron chi connectivity index (χ4n) is 10.3. The summed E-state index contributed by atoms with van der Waals surface area (Å²) in [6.07, 6.45) is 5.61. The van der Waals surface area contributed by atoms with Crippen LogP contribution >= 0.6 is 0 Å². The molecule has 127 heavy (non-hydrogen) atoms. The molecule has 47 heteroatoms. The maximum Gasteiger partial charge on any atom is 3.00 e. The number of nitrogens with zero attached hydrogens (tertiary/aromatic N) is 10. The molecule has 0 amide bonds. The molecular formula is C80H102ClHo3Mn2N10O31. The van der Waals surface area contributed by atoms with E-state index in [1.165, 1.54) is 49.1 Å². The van der Waals surface area contributed by atoms with Crippen LogP contribution in [0, 0.1) is 182 Å². The van der Waals surface area contributed by atoms with Gasteiger partial charge in [-0.3, -0.25) is 39.6 Å². The Labute approximate surface area is 849 Å². The van der Waals surface area contributed by atoms with E-state index in [0.29, 0.717) is 96.9 Å². The van der Waals surface area contributed by atoms with Crippen molar-refractivity contribution in [3.8, 4) is 46.0 Å². The zero-order chi connectivity index (χ0) is 92.6. The maximum absolute atomic E-state index is 12.6. The van der Waals surface area contributed by atoms with E-state index in [0.717, 1.165) is 50.7 Å². The van der Waals surface area contributed by atoms with Gasteiger partial charge in [0.15, 0.2) is 0 Å². The van der Waals surface area contributed by atoms with Gasteiger partial charge >= 0.3 is 147 Å². The van der Waals surface area contributed by atoms with Gasteiger partial charge in [-0.05, 0) is 123 Å². The van der Waals surface area contributed by atoms with E-state index in [-0.39, 0.29) is 301 Å². The first-order valence-electron chi connectivity index (χ1n) is 35.8. The number of aliphatic hydroxyl groups excluding tert-OH is 8. The first-order valence-corrected chi connectivity index (χ1v) is 37.0.